The third-order valence-corrected chi connectivity index (χ3v) is 5.03. The Balaban J connectivity index is 1.86. The van der Waals surface area contributed by atoms with Gasteiger partial charge >= 0.3 is 6.11 Å². The van der Waals surface area contributed by atoms with E-state index in [2.05, 4.69) is 9.47 Å². The molecular weight excluding hydrogens is 477 g/mol. The summed E-state index contributed by atoms with van der Waals surface area (Å²) in [4.78, 5) is 0. The molecule has 0 amide bonds. The highest BCUT2D eigenvalue weighted by atomic mass is 19.3. The number of hydrogen-bond donors (Lipinski definition) is 0. The lowest BCUT2D eigenvalue weighted by Crippen LogP contribution is -2.25. The zero-order valence-corrected chi connectivity index (χ0v) is 18.7. The van der Waals surface area contributed by atoms with Gasteiger partial charge < -0.3 is 9.47 Å². The van der Waals surface area contributed by atoms with Gasteiger partial charge in [-0.1, -0.05) is 43.7 Å². The summed E-state index contributed by atoms with van der Waals surface area (Å²) in [6, 6.07) is 10.3. The number of aryl methyl sites for hydroxylation is 2. The fraction of sp³-hybridized carbons (Fsp3) is 0.231. The Morgan fingerprint density at radius 1 is 0.886 bits per heavy atom. The molecule has 0 N–H and O–H groups in total. The lowest BCUT2D eigenvalue weighted by atomic mass is 9.97. The molecule has 0 aromatic heterocycles. The first-order valence-corrected chi connectivity index (χ1v) is 10.6. The fourth-order valence-electron chi connectivity index (χ4n) is 3.51. The van der Waals surface area contributed by atoms with Crippen molar-refractivity contribution >= 4 is 0 Å². The van der Waals surface area contributed by atoms with Crippen molar-refractivity contribution in [2.24, 2.45) is 0 Å². The van der Waals surface area contributed by atoms with Crippen LogP contribution >= 0.6 is 0 Å². The van der Waals surface area contributed by atoms with Gasteiger partial charge in [0.1, 0.15) is 17.1 Å². The van der Waals surface area contributed by atoms with Crippen LogP contribution in [0.4, 0.5) is 30.7 Å². The highest BCUT2D eigenvalue weighted by Crippen LogP contribution is 2.39. The van der Waals surface area contributed by atoms with Crippen LogP contribution < -0.4 is 9.47 Å². The van der Waals surface area contributed by atoms with E-state index in [9.17, 15) is 30.7 Å². The molecule has 0 radical (unpaired) electrons. The van der Waals surface area contributed by atoms with Crippen molar-refractivity contribution < 1.29 is 40.2 Å². The second-order valence-electron chi connectivity index (χ2n) is 7.71. The molecule has 35 heavy (non-hydrogen) atoms. The molecular formula is C26H21F7O2. The number of halogens is 7. The van der Waals surface area contributed by atoms with Crippen molar-refractivity contribution in [1.29, 1.82) is 0 Å². The van der Waals surface area contributed by atoms with Crippen LogP contribution in [0.1, 0.15) is 30.0 Å². The Bertz CT molecular complexity index is 1160. The van der Waals surface area contributed by atoms with Gasteiger partial charge in [-0.3, -0.25) is 0 Å². The summed E-state index contributed by atoms with van der Waals surface area (Å²) < 4.78 is 106. The minimum Gasteiger partial charge on any atom is -0.459 e. The van der Waals surface area contributed by atoms with Crippen molar-refractivity contribution in [2.75, 3.05) is 0 Å². The first-order valence-electron chi connectivity index (χ1n) is 10.6. The Labute approximate surface area is 197 Å². The summed E-state index contributed by atoms with van der Waals surface area (Å²) in [5.74, 6) is -6.26. The van der Waals surface area contributed by atoms with Gasteiger partial charge in [-0.05, 0) is 41.7 Å². The van der Waals surface area contributed by atoms with Gasteiger partial charge in [0.15, 0.2) is 17.4 Å². The van der Waals surface area contributed by atoms with E-state index in [1.807, 2.05) is 19.1 Å². The number of allylic oxidation sites excluding steroid dienone is 1. The Kier molecular flexibility index (Phi) is 8.09. The Morgan fingerprint density at radius 3 is 2.06 bits per heavy atom. The molecule has 0 aliphatic carbocycles. The SMILES string of the molecule is CCCc1ccc(-c2cc(C)c(C(F)(F)Oc3cc(F)c(OC=CC(F)F)c(F)c3)c(F)c2)cc1. The van der Waals surface area contributed by atoms with Gasteiger partial charge in [0, 0.05) is 18.2 Å². The zero-order chi connectivity index (χ0) is 25.8. The van der Waals surface area contributed by atoms with Gasteiger partial charge in [-0.25, -0.2) is 22.0 Å². The average Bonchev–Trinajstić information content (AvgIpc) is 2.75. The molecule has 0 bridgehead atoms. The first-order chi connectivity index (χ1) is 16.5. The summed E-state index contributed by atoms with van der Waals surface area (Å²) in [6.45, 7) is 3.30. The van der Waals surface area contributed by atoms with Crippen LogP contribution in [-0.2, 0) is 12.5 Å². The maximum atomic E-state index is 14.9. The number of hydrogen-bond acceptors (Lipinski definition) is 2. The van der Waals surface area contributed by atoms with Crippen molar-refractivity contribution in [1.82, 2.24) is 0 Å². The average molecular weight is 498 g/mol. The van der Waals surface area contributed by atoms with Gasteiger partial charge in [0.05, 0.1) is 6.26 Å². The minimum absolute atomic E-state index is 0.138. The molecule has 0 heterocycles. The third kappa shape index (κ3) is 6.35. The van der Waals surface area contributed by atoms with Crippen LogP contribution in [0.25, 0.3) is 11.1 Å². The van der Waals surface area contributed by atoms with Gasteiger partial charge in [-0.2, -0.15) is 8.78 Å². The fourth-order valence-corrected chi connectivity index (χ4v) is 3.51. The largest absolute Gasteiger partial charge is 0.459 e. The highest BCUT2D eigenvalue weighted by Gasteiger charge is 2.40. The van der Waals surface area contributed by atoms with Gasteiger partial charge in [0.25, 0.3) is 6.43 Å². The molecule has 0 spiro atoms. The summed E-state index contributed by atoms with van der Waals surface area (Å²) >= 11 is 0. The van der Waals surface area contributed by atoms with Gasteiger partial charge in [0.2, 0.25) is 0 Å². The van der Waals surface area contributed by atoms with Crippen LogP contribution in [0, 0.1) is 24.4 Å². The van der Waals surface area contributed by atoms with Crippen molar-refractivity contribution in [2.45, 2.75) is 39.2 Å². The van der Waals surface area contributed by atoms with Gasteiger partial charge in [-0.15, -0.1) is 0 Å². The van der Waals surface area contributed by atoms with E-state index in [1.165, 1.54) is 13.0 Å². The zero-order valence-electron chi connectivity index (χ0n) is 18.7. The predicted molar refractivity (Wildman–Crippen MR) is 117 cm³/mol. The number of rotatable bonds is 9. The molecule has 2 nitrogen and oxygen atoms in total. The molecule has 186 valence electrons. The molecule has 0 unspecified atom stereocenters. The number of ether oxygens (including phenoxy) is 2. The molecule has 0 saturated heterocycles. The molecule has 0 saturated carbocycles. The second kappa shape index (κ2) is 10.8. The maximum Gasteiger partial charge on any atom is 0.429 e. The van der Waals surface area contributed by atoms with Crippen LogP contribution in [-0.4, -0.2) is 6.43 Å². The summed E-state index contributed by atoms with van der Waals surface area (Å²) in [5, 5.41) is 0. The monoisotopic (exact) mass is 498 g/mol. The smallest absolute Gasteiger partial charge is 0.429 e. The quantitative estimate of drug-likeness (QED) is 0.218. The van der Waals surface area contributed by atoms with E-state index >= 15 is 0 Å². The van der Waals surface area contributed by atoms with Crippen LogP contribution in [0.5, 0.6) is 11.5 Å². The van der Waals surface area contributed by atoms with Crippen molar-refractivity contribution in [3.05, 3.63) is 95.0 Å². The van der Waals surface area contributed by atoms with E-state index in [-0.39, 0.29) is 11.6 Å². The summed E-state index contributed by atoms with van der Waals surface area (Å²) in [5.41, 5.74) is 0.859. The number of benzene rings is 3. The van der Waals surface area contributed by atoms with E-state index in [4.69, 9.17) is 0 Å². The highest BCUT2D eigenvalue weighted by molar-refractivity contribution is 5.65. The predicted octanol–water partition coefficient (Wildman–Crippen LogP) is 8.32. The van der Waals surface area contributed by atoms with E-state index in [0.29, 0.717) is 29.5 Å². The maximum absolute atomic E-state index is 14.9. The Morgan fingerprint density at radius 2 is 1.51 bits per heavy atom. The van der Waals surface area contributed by atoms with E-state index < -0.39 is 47.0 Å². The first kappa shape index (κ1) is 26.1. The molecule has 3 aromatic carbocycles. The Hall–Kier alpha value is -3.49. The molecule has 0 aliphatic rings. The minimum atomic E-state index is -4.28. The van der Waals surface area contributed by atoms with Crippen molar-refractivity contribution in [3.63, 3.8) is 0 Å². The standard InChI is InChI=1S/C26H21F7O2/c1-3-4-16-5-7-17(8-6-16)18-11-15(2)24(20(27)12-18)26(32,33)35-19-13-21(28)25(22(29)14-19)34-10-9-23(30)31/h5-14,23H,3-4H2,1-2H3. The van der Waals surface area contributed by atoms with Crippen LogP contribution in [0.15, 0.2) is 60.9 Å². The van der Waals surface area contributed by atoms with Crippen LogP contribution in [0.2, 0.25) is 0 Å². The summed E-state index contributed by atoms with van der Waals surface area (Å²) in [6.07, 6.45) is -4.79. The molecule has 0 fully saturated rings. The van der Waals surface area contributed by atoms with Crippen LogP contribution in [0.3, 0.4) is 0 Å². The summed E-state index contributed by atoms with van der Waals surface area (Å²) in [7, 11) is 0. The third-order valence-electron chi connectivity index (χ3n) is 5.03. The second-order valence-corrected chi connectivity index (χ2v) is 7.71. The molecule has 0 atom stereocenters. The number of alkyl halides is 4. The van der Waals surface area contributed by atoms with Crippen molar-refractivity contribution in [3.8, 4) is 22.6 Å². The molecule has 3 aromatic rings. The molecule has 0 aliphatic heterocycles. The molecule has 3 rings (SSSR count). The lowest BCUT2D eigenvalue weighted by Gasteiger charge is -2.21. The topological polar surface area (TPSA) is 18.5 Å². The van der Waals surface area contributed by atoms with E-state index in [0.717, 1.165) is 24.5 Å². The van der Waals surface area contributed by atoms with E-state index in [1.54, 1.807) is 12.1 Å². The lowest BCUT2D eigenvalue weighted by molar-refractivity contribution is -0.188. The molecule has 9 heteroatoms. The normalized spacial score (nSPS) is 11.9.